The molecule has 1 amide bonds. The molecule has 0 spiro atoms. The van der Waals surface area contributed by atoms with Crippen molar-refractivity contribution >= 4 is 18.3 Å². The van der Waals surface area contributed by atoms with Crippen LogP contribution in [0.1, 0.15) is 57.2 Å². The molecule has 1 aliphatic heterocycles. The van der Waals surface area contributed by atoms with E-state index in [2.05, 4.69) is 55.7 Å². The Labute approximate surface area is 147 Å². The Morgan fingerprint density at radius 1 is 1.22 bits per heavy atom. The van der Waals surface area contributed by atoms with E-state index in [1.165, 1.54) is 17.5 Å². The summed E-state index contributed by atoms with van der Waals surface area (Å²) in [5, 5.41) is 6.60. The van der Waals surface area contributed by atoms with E-state index in [0.717, 1.165) is 32.4 Å². The lowest BCUT2D eigenvalue weighted by Gasteiger charge is -2.28. The minimum Gasteiger partial charge on any atom is -0.349 e. The number of halogens is 1. The maximum Gasteiger partial charge on any atom is 0.223 e. The van der Waals surface area contributed by atoms with Crippen molar-refractivity contribution in [3.8, 4) is 0 Å². The second-order valence-electron chi connectivity index (χ2n) is 6.75. The van der Waals surface area contributed by atoms with E-state index in [-0.39, 0.29) is 30.3 Å². The van der Waals surface area contributed by atoms with Crippen molar-refractivity contribution in [3.05, 3.63) is 35.4 Å². The fourth-order valence-corrected chi connectivity index (χ4v) is 3.17. The SMILES string of the molecule is CCCc1ccc(C(NC(=O)C2CCNCC2)C(C)C)cc1.Cl. The van der Waals surface area contributed by atoms with Gasteiger partial charge in [-0.15, -0.1) is 12.4 Å². The van der Waals surface area contributed by atoms with E-state index >= 15 is 0 Å². The van der Waals surface area contributed by atoms with Crippen molar-refractivity contribution in [1.29, 1.82) is 0 Å². The van der Waals surface area contributed by atoms with Gasteiger partial charge in [0.1, 0.15) is 0 Å². The summed E-state index contributed by atoms with van der Waals surface area (Å²) in [5.41, 5.74) is 2.59. The van der Waals surface area contributed by atoms with Gasteiger partial charge in [0.05, 0.1) is 6.04 Å². The van der Waals surface area contributed by atoms with Crippen LogP contribution < -0.4 is 10.6 Å². The van der Waals surface area contributed by atoms with Crippen LogP contribution in [0, 0.1) is 11.8 Å². The molecule has 23 heavy (non-hydrogen) atoms. The molecule has 0 aliphatic carbocycles. The highest BCUT2D eigenvalue weighted by Gasteiger charge is 2.25. The lowest BCUT2D eigenvalue weighted by atomic mass is 9.92. The van der Waals surface area contributed by atoms with Gasteiger partial charge in [-0.05, 0) is 49.4 Å². The van der Waals surface area contributed by atoms with E-state index in [4.69, 9.17) is 0 Å². The van der Waals surface area contributed by atoms with E-state index in [1.807, 2.05) is 0 Å². The van der Waals surface area contributed by atoms with Gasteiger partial charge >= 0.3 is 0 Å². The van der Waals surface area contributed by atoms with Gasteiger partial charge in [-0.2, -0.15) is 0 Å². The summed E-state index contributed by atoms with van der Waals surface area (Å²) in [6.07, 6.45) is 4.19. The van der Waals surface area contributed by atoms with Crippen LogP contribution in [0.3, 0.4) is 0 Å². The highest BCUT2D eigenvalue weighted by atomic mass is 35.5. The number of benzene rings is 1. The summed E-state index contributed by atoms with van der Waals surface area (Å²) < 4.78 is 0. The molecular formula is C19H31ClN2O. The topological polar surface area (TPSA) is 41.1 Å². The molecule has 2 rings (SSSR count). The Balaban J connectivity index is 0.00000264. The van der Waals surface area contributed by atoms with Gasteiger partial charge < -0.3 is 10.6 Å². The average molecular weight is 339 g/mol. The first-order valence-corrected chi connectivity index (χ1v) is 8.71. The highest BCUT2D eigenvalue weighted by Crippen LogP contribution is 2.24. The number of aryl methyl sites for hydroxylation is 1. The molecule has 1 atom stereocenters. The first-order valence-electron chi connectivity index (χ1n) is 8.71. The number of amides is 1. The third-order valence-corrected chi connectivity index (χ3v) is 4.55. The van der Waals surface area contributed by atoms with E-state index in [1.54, 1.807) is 0 Å². The summed E-state index contributed by atoms with van der Waals surface area (Å²) in [6, 6.07) is 8.87. The van der Waals surface area contributed by atoms with Gasteiger partial charge in [-0.3, -0.25) is 4.79 Å². The molecule has 1 unspecified atom stereocenters. The van der Waals surface area contributed by atoms with Gasteiger partial charge in [-0.25, -0.2) is 0 Å². The van der Waals surface area contributed by atoms with Gasteiger partial charge in [0.25, 0.3) is 0 Å². The zero-order chi connectivity index (χ0) is 15.9. The third kappa shape index (κ3) is 5.82. The van der Waals surface area contributed by atoms with Gasteiger partial charge in [0, 0.05) is 5.92 Å². The van der Waals surface area contributed by atoms with Crippen LogP contribution in [0.5, 0.6) is 0 Å². The molecule has 1 fully saturated rings. The molecule has 0 aromatic heterocycles. The van der Waals surface area contributed by atoms with Crippen molar-refractivity contribution in [1.82, 2.24) is 10.6 Å². The zero-order valence-corrected chi connectivity index (χ0v) is 15.4. The Hall–Kier alpha value is -1.06. The minimum absolute atomic E-state index is 0. The maximum atomic E-state index is 12.5. The highest BCUT2D eigenvalue weighted by molar-refractivity contribution is 5.85. The number of nitrogens with one attached hydrogen (secondary N) is 2. The quantitative estimate of drug-likeness (QED) is 0.826. The molecule has 1 heterocycles. The molecule has 3 nitrogen and oxygen atoms in total. The zero-order valence-electron chi connectivity index (χ0n) is 14.6. The van der Waals surface area contributed by atoms with E-state index < -0.39 is 0 Å². The molecule has 130 valence electrons. The van der Waals surface area contributed by atoms with Crippen molar-refractivity contribution in [2.75, 3.05) is 13.1 Å². The van der Waals surface area contributed by atoms with Crippen molar-refractivity contribution in [2.24, 2.45) is 11.8 Å². The fraction of sp³-hybridized carbons (Fsp3) is 0.632. The first kappa shape index (κ1) is 20.0. The minimum atomic E-state index is 0. The monoisotopic (exact) mass is 338 g/mol. The Morgan fingerprint density at radius 3 is 2.35 bits per heavy atom. The van der Waals surface area contributed by atoms with Crippen LogP contribution in [0.4, 0.5) is 0 Å². The molecule has 0 bridgehead atoms. The normalized spacial score (nSPS) is 16.7. The largest absolute Gasteiger partial charge is 0.349 e. The number of hydrogen-bond donors (Lipinski definition) is 2. The predicted molar refractivity (Wildman–Crippen MR) is 99.0 cm³/mol. The molecule has 1 aromatic carbocycles. The first-order chi connectivity index (χ1) is 10.6. The summed E-state index contributed by atoms with van der Waals surface area (Å²) in [7, 11) is 0. The van der Waals surface area contributed by atoms with Gasteiger partial charge in [0.2, 0.25) is 5.91 Å². The number of piperidine rings is 1. The maximum absolute atomic E-state index is 12.5. The van der Waals surface area contributed by atoms with Crippen LogP contribution in [0.25, 0.3) is 0 Å². The predicted octanol–water partition coefficient (Wildman–Crippen LogP) is 3.87. The molecule has 0 saturated carbocycles. The van der Waals surface area contributed by atoms with Crippen molar-refractivity contribution < 1.29 is 4.79 Å². The smallest absolute Gasteiger partial charge is 0.223 e. The van der Waals surface area contributed by atoms with Crippen LogP contribution in [-0.2, 0) is 11.2 Å². The average Bonchev–Trinajstić information content (AvgIpc) is 2.54. The van der Waals surface area contributed by atoms with Gasteiger partial charge in [-0.1, -0.05) is 51.5 Å². The fourth-order valence-electron chi connectivity index (χ4n) is 3.17. The van der Waals surface area contributed by atoms with Gasteiger partial charge in [0.15, 0.2) is 0 Å². The van der Waals surface area contributed by atoms with Crippen molar-refractivity contribution in [2.45, 2.75) is 52.5 Å². The van der Waals surface area contributed by atoms with Crippen LogP contribution >= 0.6 is 12.4 Å². The second kappa shape index (κ2) is 9.94. The Kier molecular flexibility index (Phi) is 8.64. The van der Waals surface area contributed by atoms with Crippen LogP contribution in [0.15, 0.2) is 24.3 Å². The number of carbonyl (C=O) groups is 1. The molecule has 0 radical (unpaired) electrons. The number of hydrogen-bond acceptors (Lipinski definition) is 2. The Bertz CT molecular complexity index is 467. The third-order valence-electron chi connectivity index (χ3n) is 4.55. The van der Waals surface area contributed by atoms with Crippen LogP contribution in [-0.4, -0.2) is 19.0 Å². The molecule has 4 heteroatoms. The molecular weight excluding hydrogens is 308 g/mol. The summed E-state index contributed by atoms with van der Waals surface area (Å²) in [6.45, 7) is 8.46. The summed E-state index contributed by atoms with van der Waals surface area (Å²) >= 11 is 0. The summed E-state index contributed by atoms with van der Waals surface area (Å²) in [4.78, 5) is 12.5. The molecule has 1 aromatic rings. The number of rotatable bonds is 6. The number of carbonyl (C=O) groups excluding carboxylic acids is 1. The Morgan fingerprint density at radius 2 is 1.83 bits per heavy atom. The second-order valence-corrected chi connectivity index (χ2v) is 6.75. The van der Waals surface area contributed by atoms with E-state index in [0.29, 0.717) is 5.92 Å². The van der Waals surface area contributed by atoms with Crippen LogP contribution in [0.2, 0.25) is 0 Å². The van der Waals surface area contributed by atoms with Crippen molar-refractivity contribution in [3.63, 3.8) is 0 Å². The summed E-state index contributed by atoms with van der Waals surface area (Å²) in [5.74, 6) is 0.780. The lowest BCUT2D eigenvalue weighted by molar-refractivity contribution is -0.126. The molecule has 2 N–H and O–H groups in total. The molecule has 1 saturated heterocycles. The standard InChI is InChI=1S/C19H30N2O.ClH/c1-4-5-15-6-8-16(9-7-15)18(14(2)3)21-19(22)17-10-12-20-13-11-17;/h6-9,14,17-18,20H,4-5,10-13H2,1-3H3,(H,21,22);1H. The lowest BCUT2D eigenvalue weighted by Crippen LogP contribution is -2.40. The molecule has 1 aliphatic rings. The van der Waals surface area contributed by atoms with E-state index in [9.17, 15) is 4.79 Å².